The van der Waals surface area contributed by atoms with Crippen LogP contribution in [0.25, 0.3) is 11.1 Å². The maximum absolute atomic E-state index is 10.9. The topological polar surface area (TPSA) is 37.3 Å². The maximum atomic E-state index is 10.9. The zero-order valence-electron chi connectivity index (χ0n) is 10.7. The molecular weight excluding hydrogens is 292 g/mol. The summed E-state index contributed by atoms with van der Waals surface area (Å²) in [4.78, 5) is 10.9. The van der Waals surface area contributed by atoms with E-state index in [9.17, 15) is 4.79 Å². The van der Waals surface area contributed by atoms with Gasteiger partial charge in [-0.3, -0.25) is 4.79 Å². The summed E-state index contributed by atoms with van der Waals surface area (Å²) in [6.07, 6.45) is 0. The van der Waals surface area contributed by atoms with Crippen LogP contribution >= 0.6 is 0 Å². The van der Waals surface area contributed by atoms with Gasteiger partial charge in [0.2, 0.25) is 0 Å². The Morgan fingerprint density at radius 3 is 2.05 bits per heavy atom. The summed E-state index contributed by atoms with van der Waals surface area (Å²) in [6, 6.07) is 24.6. The van der Waals surface area contributed by atoms with E-state index in [1.54, 1.807) is 12.1 Å². The van der Waals surface area contributed by atoms with Crippen molar-refractivity contribution in [1.29, 1.82) is 0 Å². The first-order valence-electron chi connectivity index (χ1n) is 6.00. The van der Waals surface area contributed by atoms with Crippen LogP contribution in [0.1, 0.15) is 10.4 Å². The standard InChI is InChI=1S/C12H9O2.C5H5.Fe/c13-12(14)11-8-4-3-7-10(11)9-5-1-2-6-9;1-2-4-5-3-1;/h1-8H,(H,13,14);1-5H;/q2*-1;+2. The molecule has 3 heteroatoms. The number of benzene rings is 1. The predicted molar refractivity (Wildman–Crippen MR) is 76.5 cm³/mol. The van der Waals surface area contributed by atoms with Crippen LogP contribution in [-0.2, 0) is 17.1 Å². The van der Waals surface area contributed by atoms with Crippen molar-refractivity contribution >= 4 is 5.97 Å². The Morgan fingerprint density at radius 2 is 1.55 bits per heavy atom. The van der Waals surface area contributed by atoms with Crippen molar-refractivity contribution in [1.82, 2.24) is 0 Å². The Bertz CT molecular complexity index is 593. The largest absolute Gasteiger partial charge is 2.00 e. The molecule has 0 radical (unpaired) electrons. The second-order valence-electron chi connectivity index (χ2n) is 3.99. The van der Waals surface area contributed by atoms with E-state index >= 15 is 0 Å². The molecule has 3 rings (SSSR count). The van der Waals surface area contributed by atoms with Crippen LogP contribution in [0.15, 0.2) is 78.9 Å². The molecule has 0 aliphatic rings. The molecule has 0 bridgehead atoms. The SMILES string of the molecule is O=C(O)c1ccccc1-[c-]1cccc1.[Fe+2].c1cc[cH-]c1. The third kappa shape index (κ3) is 4.23. The third-order valence-electron chi connectivity index (χ3n) is 2.69. The van der Waals surface area contributed by atoms with Crippen molar-refractivity contribution < 1.29 is 27.0 Å². The van der Waals surface area contributed by atoms with Crippen LogP contribution in [0, 0.1) is 0 Å². The minimum absolute atomic E-state index is 0. The molecule has 20 heavy (non-hydrogen) atoms. The van der Waals surface area contributed by atoms with Crippen LogP contribution in [0.4, 0.5) is 0 Å². The van der Waals surface area contributed by atoms with Crippen molar-refractivity contribution in [2.24, 2.45) is 0 Å². The molecule has 3 aromatic rings. The first-order chi connectivity index (χ1) is 9.29. The number of aromatic carboxylic acids is 1. The fourth-order valence-electron chi connectivity index (χ4n) is 1.80. The van der Waals surface area contributed by atoms with Crippen LogP contribution < -0.4 is 0 Å². The summed E-state index contributed by atoms with van der Waals surface area (Å²) in [7, 11) is 0. The summed E-state index contributed by atoms with van der Waals surface area (Å²) in [5, 5.41) is 8.96. The number of carboxylic acid groups (broad SMARTS) is 1. The van der Waals surface area contributed by atoms with Crippen molar-refractivity contribution in [2.45, 2.75) is 0 Å². The Labute approximate surface area is 128 Å². The first-order valence-corrected chi connectivity index (χ1v) is 6.00. The van der Waals surface area contributed by atoms with E-state index in [-0.39, 0.29) is 17.1 Å². The van der Waals surface area contributed by atoms with E-state index in [0.29, 0.717) is 5.56 Å². The summed E-state index contributed by atoms with van der Waals surface area (Å²) < 4.78 is 0. The normalized spacial score (nSPS) is 9.00. The molecule has 2 nitrogen and oxygen atoms in total. The molecule has 0 spiro atoms. The van der Waals surface area contributed by atoms with Gasteiger partial charge in [-0.15, -0.1) is 23.8 Å². The van der Waals surface area contributed by atoms with E-state index in [2.05, 4.69) is 0 Å². The zero-order valence-corrected chi connectivity index (χ0v) is 11.8. The van der Waals surface area contributed by atoms with Crippen LogP contribution in [0.5, 0.6) is 0 Å². The first kappa shape index (κ1) is 16.0. The molecule has 0 aromatic heterocycles. The number of carboxylic acids is 1. The van der Waals surface area contributed by atoms with Crippen molar-refractivity contribution in [3.8, 4) is 11.1 Å². The molecule has 0 saturated carbocycles. The van der Waals surface area contributed by atoms with E-state index in [1.165, 1.54) is 0 Å². The van der Waals surface area contributed by atoms with Gasteiger partial charge in [0.05, 0.1) is 0 Å². The van der Waals surface area contributed by atoms with Gasteiger partial charge in [-0.25, -0.2) is 12.1 Å². The molecule has 0 atom stereocenters. The molecule has 0 heterocycles. The Hall–Kier alpha value is -2.09. The Balaban J connectivity index is 0.000000283. The molecule has 1 N–H and O–H groups in total. The number of rotatable bonds is 2. The minimum atomic E-state index is -0.887. The van der Waals surface area contributed by atoms with Crippen molar-refractivity contribution in [3.63, 3.8) is 0 Å². The Kier molecular flexibility index (Phi) is 6.51. The quantitative estimate of drug-likeness (QED) is 0.570. The maximum Gasteiger partial charge on any atom is 2.00 e. The van der Waals surface area contributed by atoms with Gasteiger partial charge in [-0.1, -0.05) is 23.8 Å². The van der Waals surface area contributed by atoms with Gasteiger partial charge in [0.15, 0.2) is 0 Å². The average Bonchev–Trinajstić information content (AvgIpc) is 3.14. The van der Waals surface area contributed by atoms with E-state index < -0.39 is 5.97 Å². The summed E-state index contributed by atoms with van der Waals surface area (Å²) in [5.74, 6) is -0.887. The molecule has 102 valence electrons. The monoisotopic (exact) mass is 306 g/mol. The predicted octanol–water partition coefficient (Wildman–Crippen LogP) is 4.17. The van der Waals surface area contributed by atoms with E-state index in [0.717, 1.165) is 11.1 Å². The molecule has 0 amide bonds. The number of hydrogen-bond acceptors (Lipinski definition) is 1. The van der Waals surface area contributed by atoms with Crippen molar-refractivity contribution in [2.75, 3.05) is 0 Å². The van der Waals surface area contributed by atoms with Gasteiger partial charge < -0.3 is 5.11 Å². The number of hydrogen-bond donors (Lipinski definition) is 1. The third-order valence-corrected chi connectivity index (χ3v) is 2.69. The molecule has 0 aliphatic carbocycles. The average molecular weight is 306 g/mol. The van der Waals surface area contributed by atoms with Gasteiger partial charge in [-0.05, 0) is 0 Å². The van der Waals surface area contributed by atoms with Crippen molar-refractivity contribution in [3.05, 3.63) is 84.4 Å². The molecule has 0 unspecified atom stereocenters. The molecule has 3 aromatic carbocycles. The second kappa shape index (κ2) is 8.15. The fraction of sp³-hybridized carbons (Fsp3) is 0. The van der Waals surface area contributed by atoms with E-state index in [4.69, 9.17) is 5.11 Å². The molecular formula is C17H14FeO2. The van der Waals surface area contributed by atoms with Crippen LogP contribution in [-0.4, -0.2) is 11.1 Å². The molecule has 0 fully saturated rings. The number of carbonyl (C=O) groups is 1. The van der Waals surface area contributed by atoms with Gasteiger partial charge in [0.1, 0.15) is 0 Å². The van der Waals surface area contributed by atoms with Gasteiger partial charge >= 0.3 is 23.0 Å². The molecule has 0 aliphatic heterocycles. The van der Waals surface area contributed by atoms with Gasteiger partial charge in [0.25, 0.3) is 0 Å². The van der Waals surface area contributed by atoms with Gasteiger partial charge in [-0.2, -0.15) is 30.3 Å². The smallest absolute Gasteiger partial charge is 0.483 e. The fourth-order valence-corrected chi connectivity index (χ4v) is 1.80. The Morgan fingerprint density at radius 1 is 0.950 bits per heavy atom. The minimum Gasteiger partial charge on any atom is -0.483 e. The summed E-state index contributed by atoms with van der Waals surface area (Å²) in [6.45, 7) is 0. The van der Waals surface area contributed by atoms with Crippen LogP contribution in [0.3, 0.4) is 0 Å². The van der Waals surface area contributed by atoms with Crippen LogP contribution in [0.2, 0.25) is 0 Å². The van der Waals surface area contributed by atoms with E-state index in [1.807, 2.05) is 66.7 Å². The second-order valence-corrected chi connectivity index (χ2v) is 3.99. The summed E-state index contributed by atoms with van der Waals surface area (Å²) >= 11 is 0. The van der Waals surface area contributed by atoms with Gasteiger partial charge in [0, 0.05) is 5.56 Å². The zero-order chi connectivity index (χ0) is 13.5. The molecule has 0 saturated heterocycles. The summed E-state index contributed by atoms with van der Waals surface area (Å²) in [5.41, 5.74) is 2.06.